The van der Waals surface area contributed by atoms with Gasteiger partial charge < -0.3 is 9.47 Å². The second-order valence-electron chi connectivity index (χ2n) is 4.20. The van der Waals surface area contributed by atoms with Crippen LogP contribution >= 0.6 is 0 Å². The third-order valence-electron chi connectivity index (χ3n) is 2.58. The summed E-state index contributed by atoms with van der Waals surface area (Å²) in [6.07, 6.45) is 2.39. The minimum absolute atomic E-state index is 0.234. The van der Waals surface area contributed by atoms with Gasteiger partial charge in [-0.25, -0.2) is 23.5 Å². The molecule has 2 atom stereocenters. The van der Waals surface area contributed by atoms with Crippen LogP contribution in [0.4, 0.5) is 0 Å². The number of aromatic nitrogens is 2. The minimum Gasteiger partial charge on any atom is -0.382 e. The molecule has 0 aliphatic rings. The van der Waals surface area contributed by atoms with Gasteiger partial charge in [0.25, 0.3) is 0 Å². The van der Waals surface area contributed by atoms with Gasteiger partial charge in [0.05, 0.1) is 13.2 Å². The van der Waals surface area contributed by atoms with E-state index >= 15 is 0 Å². The highest BCUT2D eigenvalue weighted by atomic mass is 32.2. The van der Waals surface area contributed by atoms with Crippen molar-refractivity contribution >= 4 is 10.0 Å². The van der Waals surface area contributed by atoms with Gasteiger partial charge >= 0.3 is 0 Å². The number of rotatable bonds is 7. The summed E-state index contributed by atoms with van der Waals surface area (Å²) in [5, 5.41) is 4.22. The lowest BCUT2D eigenvalue weighted by atomic mass is 10.2. The summed E-state index contributed by atoms with van der Waals surface area (Å²) in [4.78, 5) is 8.19. The highest BCUT2D eigenvalue weighted by molar-refractivity contribution is 7.89. The average Bonchev–Trinajstić information content (AvgIpc) is 2.34. The highest BCUT2D eigenvalue weighted by Crippen LogP contribution is 2.21. The first-order chi connectivity index (χ1) is 8.86. The lowest BCUT2D eigenvalue weighted by Gasteiger charge is -2.21. The monoisotopic (exact) mass is 289 g/mol. The molecule has 0 radical (unpaired) electrons. The van der Waals surface area contributed by atoms with Crippen LogP contribution < -0.4 is 5.14 Å². The van der Waals surface area contributed by atoms with Gasteiger partial charge in [-0.05, 0) is 19.4 Å². The van der Waals surface area contributed by atoms with Crippen molar-refractivity contribution in [1.29, 1.82) is 0 Å². The van der Waals surface area contributed by atoms with Gasteiger partial charge in [0.15, 0.2) is 5.82 Å². The Morgan fingerprint density at radius 1 is 1.32 bits per heavy atom. The Morgan fingerprint density at radius 2 is 1.89 bits per heavy atom. The first-order valence-corrected chi connectivity index (χ1v) is 7.38. The molecule has 1 aromatic rings. The summed E-state index contributed by atoms with van der Waals surface area (Å²) >= 11 is 0. The van der Waals surface area contributed by atoms with E-state index in [0.29, 0.717) is 12.4 Å². The highest BCUT2D eigenvalue weighted by Gasteiger charge is 2.30. The van der Waals surface area contributed by atoms with E-state index in [4.69, 9.17) is 14.6 Å². The molecule has 8 heteroatoms. The summed E-state index contributed by atoms with van der Waals surface area (Å²) in [5.74, 6) is 0.295. The molecule has 0 aliphatic heterocycles. The largest absolute Gasteiger partial charge is 0.382 e. The van der Waals surface area contributed by atoms with E-state index in [-0.39, 0.29) is 6.61 Å². The first-order valence-electron chi connectivity index (χ1n) is 5.77. The molecule has 0 fully saturated rings. The molecule has 1 rings (SSSR count). The zero-order valence-electron chi connectivity index (χ0n) is 11.2. The Bertz CT molecular complexity index is 489. The van der Waals surface area contributed by atoms with Crippen molar-refractivity contribution in [3.8, 4) is 0 Å². The van der Waals surface area contributed by atoms with Gasteiger partial charge in [-0.3, -0.25) is 0 Å². The molecular weight excluding hydrogens is 270 g/mol. The second-order valence-corrected chi connectivity index (χ2v) is 6.12. The SMILES string of the molecule is COCCO[C@H](c1ncc(C)cn1)[C@H](C)S(N)(=O)=O. The van der Waals surface area contributed by atoms with E-state index in [1.54, 1.807) is 12.4 Å². The third kappa shape index (κ3) is 4.83. The average molecular weight is 289 g/mol. The van der Waals surface area contributed by atoms with Crippen LogP contribution in [0.5, 0.6) is 0 Å². The van der Waals surface area contributed by atoms with Gasteiger partial charge in [-0.15, -0.1) is 0 Å². The molecule has 0 unspecified atom stereocenters. The summed E-state index contributed by atoms with van der Waals surface area (Å²) in [6.45, 7) is 3.89. The van der Waals surface area contributed by atoms with E-state index < -0.39 is 21.4 Å². The van der Waals surface area contributed by atoms with Crippen LogP contribution in [0.15, 0.2) is 12.4 Å². The molecule has 0 spiro atoms. The molecule has 19 heavy (non-hydrogen) atoms. The fraction of sp³-hybridized carbons (Fsp3) is 0.636. The molecule has 0 aromatic carbocycles. The van der Waals surface area contributed by atoms with E-state index in [0.717, 1.165) is 5.56 Å². The topological polar surface area (TPSA) is 104 Å². The Labute approximate surface area is 113 Å². The normalized spacial score (nSPS) is 15.2. The quantitative estimate of drug-likeness (QED) is 0.717. The Morgan fingerprint density at radius 3 is 2.37 bits per heavy atom. The predicted molar refractivity (Wildman–Crippen MR) is 69.9 cm³/mol. The standard InChI is InChI=1S/C11H19N3O4S/c1-8-6-13-11(14-7-8)10(18-5-4-17-3)9(2)19(12,15)16/h6-7,9-10H,4-5H2,1-3H3,(H2,12,15,16)/t9-,10-/m0/s1. The van der Waals surface area contributed by atoms with E-state index in [9.17, 15) is 8.42 Å². The zero-order valence-corrected chi connectivity index (χ0v) is 12.1. The van der Waals surface area contributed by atoms with Crippen LogP contribution in [0.3, 0.4) is 0 Å². The number of aryl methyl sites for hydroxylation is 1. The van der Waals surface area contributed by atoms with Crippen LogP contribution in [0.1, 0.15) is 24.4 Å². The number of hydrogen-bond donors (Lipinski definition) is 1. The number of ether oxygens (including phenoxy) is 2. The van der Waals surface area contributed by atoms with Crippen molar-refractivity contribution in [2.45, 2.75) is 25.2 Å². The number of hydrogen-bond acceptors (Lipinski definition) is 6. The smallest absolute Gasteiger partial charge is 0.214 e. The van der Waals surface area contributed by atoms with E-state index in [2.05, 4.69) is 9.97 Å². The number of sulfonamides is 1. The molecule has 0 amide bonds. The van der Waals surface area contributed by atoms with Crippen molar-refractivity contribution in [2.24, 2.45) is 5.14 Å². The molecule has 0 aliphatic carbocycles. The van der Waals surface area contributed by atoms with Crippen molar-refractivity contribution < 1.29 is 17.9 Å². The van der Waals surface area contributed by atoms with Crippen molar-refractivity contribution in [2.75, 3.05) is 20.3 Å². The molecule has 108 valence electrons. The van der Waals surface area contributed by atoms with Crippen LogP contribution in [-0.4, -0.2) is 44.0 Å². The number of primary sulfonamides is 1. The fourth-order valence-corrected chi connectivity index (χ4v) is 1.94. The van der Waals surface area contributed by atoms with Crippen LogP contribution in [0, 0.1) is 6.92 Å². The molecule has 1 aromatic heterocycles. The Balaban J connectivity index is 2.94. The predicted octanol–water partition coefficient (Wildman–Crippen LogP) is 0.166. The summed E-state index contributed by atoms with van der Waals surface area (Å²) < 4.78 is 33.3. The molecule has 0 saturated heterocycles. The lowest BCUT2D eigenvalue weighted by molar-refractivity contribution is 0.0118. The van der Waals surface area contributed by atoms with E-state index in [1.807, 2.05) is 6.92 Å². The Hall–Kier alpha value is -1.09. The maximum Gasteiger partial charge on any atom is 0.214 e. The Kier molecular flexibility index (Phi) is 5.80. The van der Waals surface area contributed by atoms with Gasteiger partial charge in [-0.1, -0.05) is 0 Å². The van der Waals surface area contributed by atoms with Gasteiger partial charge in [0.2, 0.25) is 10.0 Å². The number of nitrogens with zero attached hydrogens (tertiary/aromatic N) is 2. The van der Waals surface area contributed by atoms with Crippen LogP contribution in [0.25, 0.3) is 0 Å². The van der Waals surface area contributed by atoms with Gasteiger partial charge in [-0.2, -0.15) is 0 Å². The lowest BCUT2D eigenvalue weighted by Crippen LogP contribution is -2.34. The summed E-state index contributed by atoms with van der Waals surface area (Å²) in [5.41, 5.74) is 0.877. The van der Waals surface area contributed by atoms with E-state index in [1.165, 1.54) is 14.0 Å². The number of nitrogens with two attached hydrogens (primary N) is 1. The van der Waals surface area contributed by atoms with Crippen molar-refractivity contribution in [3.63, 3.8) is 0 Å². The van der Waals surface area contributed by atoms with Crippen LogP contribution in [0.2, 0.25) is 0 Å². The molecule has 7 nitrogen and oxygen atoms in total. The van der Waals surface area contributed by atoms with Gasteiger partial charge in [0.1, 0.15) is 11.4 Å². The summed E-state index contributed by atoms with van der Waals surface area (Å²) in [7, 11) is -2.21. The van der Waals surface area contributed by atoms with Gasteiger partial charge in [0, 0.05) is 19.5 Å². The molecule has 1 heterocycles. The van der Waals surface area contributed by atoms with Crippen molar-refractivity contribution in [3.05, 3.63) is 23.8 Å². The summed E-state index contributed by atoms with van der Waals surface area (Å²) in [6, 6.07) is 0. The third-order valence-corrected chi connectivity index (χ3v) is 3.87. The first kappa shape index (κ1) is 16.0. The molecule has 0 bridgehead atoms. The molecule has 2 N–H and O–H groups in total. The van der Waals surface area contributed by atoms with Crippen molar-refractivity contribution in [1.82, 2.24) is 9.97 Å². The minimum atomic E-state index is -3.74. The molecule has 0 saturated carbocycles. The maximum absolute atomic E-state index is 11.5. The fourth-order valence-electron chi connectivity index (χ4n) is 1.40. The zero-order chi connectivity index (χ0) is 14.5. The van der Waals surface area contributed by atoms with Crippen LogP contribution in [-0.2, 0) is 19.5 Å². The maximum atomic E-state index is 11.5. The molecular formula is C11H19N3O4S. The second kappa shape index (κ2) is 6.90. The number of methoxy groups -OCH3 is 1.